The van der Waals surface area contributed by atoms with Crippen LogP contribution in [-0.2, 0) is 12.6 Å². The van der Waals surface area contributed by atoms with Crippen LogP contribution in [-0.4, -0.2) is 4.98 Å². The van der Waals surface area contributed by atoms with Crippen molar-refractivity contribution in [2.45, 2.75) is 12.6 Å². The second kappa shape index (κ2) is 5.93. The minimum atomic E-state index is -4.34. The SMILES string of the molecule is FC(F)(F)c1cccc2nc(C/C=C/c3ccccc3)sc12. The van der Waals surface area contributed by atoms with Crippen molar-refractivity contribution in [3.8, 4) is 0 Å². The molecule has 0 saturated heterocycles. The van der Waals surface area contributed by atoms with Crippen LogP contribution < -0.4 is 0 Å². The molecule has 22 heavy (non-hydrogen) atoms. The molecule has 1 nitrogen and oxygen atoms in total. The molecule has 0 saturated carbocycles. The zero-order valence-electron chi connectivity index (χ0n) is 11.5. The van der Waals surface area contributed by atoms with Gasteiger partial charge >= 0.3 is 6.18 Å². The Hall–Kier alpha value is -2.14. The monoisotopic (exact) mass is 319 g/mol. The van der Waals surface area contributed by atoms with E-state index in [1.54, 1.807) is 6.07 Å². The highest BCUT2D eigenvalue weighted by Gasteiger charge is 2.33. The molecule has 2 aromatic carbocycles. The number of benzene rings is 2. The van der Waals surface area contributed by atoms with E-state index in [1.165, 1.54) is 6.07 Å². The van der Waals surface area contributed by atoms with Crippen LogP contribution in [0.25, 0.3) is 16.3 Å². The predicted molar refractivity (Wildman–Crippen MR) is 83.8 cm³/mol. The van der Waals surface area contributed by atoms with Crippen molar-refractivity contribution < 1.29 is 13.2 Å². The quantitative estimate of drug-likeness (QED) is 0.615. The molecular weight excluding hydrogens is 307 g/mol. The number of aromatic nitrogens is 1. The van der Waals surface area contributed by atoms with Gasteiger partial charge in [-0.15, -0.1) is 11.3 Å². The normalized spacial score (nSPS) is 12.3. The summed E-state index contributed by atoms with van der Waals surface area (Å²) in [4.78, 5) is 4.29. The number of rotatable bonds is 3. The van der Waals surface area contributed by atoms with Crippen LogP contribution in [0.4, 0.5) is 13.2 Å². The van der Waals surface area contributed by atoms with Crippen LogP contribution in [0.2, 0.25) is 0 Å². The Kier molecular flexibility index (Phi) is 3.98. The third-order valence-electron chi connectivity index (χ3n) is 3.17. The molecular formula is C17H12F3NS. The van der Waals surface area contributed by atoms with Gasteiger partial charge in [-0.1, -0.05) is 48.6 Å². The van der Waals surface area contributed by atoms with Gasteiger partial charge in [0, 0.05) is 6.42 Å². The number of fused-ring (bicyclic) bond motifs is 1. The summed E-state index contributed by atoms with van der Waals surface area (Å²) in [5.41, 5.74) is 0.850. The largest absolute Gasteiger partial charge is 0.417 e. The Morgan fingerprint density at radius 2 is 1.77 bits per heavy atom. The smallest absolute Gasteiger partial charge is 0.241 e. The van der Waals surface area contributed by atoms with Crippen molar-refractivity contribution in [2.24, 2.45) is 0 Å². The van der Waals surface area contributed by atoms with Gasteiger partial charge in [0.15, 0.2) is 0 Å². The van der Waals surface area contributed by atoms with E-state index in [9.17, 15) is 13.2 Å². The van der Waals surface area contributed by atoms with Crippen LogP contribution in [0.5, 0.6) is 0 Å². The van der Waals surface area contributed by atoms with Crippen LogP contribution >= 0.6 is 11.3 Å². The number of alkyl halides is 3. The highest BCUT2D eigenvalue weighted by Crippen LogP contribution is 2.37. The van der Waals surface area contributed by atoms with Crippen LogP contribution in [0.1, 0.15) is 16.1 Å². The lowest BCUT2D eigenvalue weighted by molar-refractivity contribution is -0.136. The first-order valence-corrected chi connectivity index (χ1v) is 7.53. The van der Waals surface area contributed by atoms with Crippen LogP contribution in [0.15, 0.2) is 54.6 Å². The van der Waals surface area contributed by atoms with Crippen molar-refractivity contribution in [2.75, 3.05) is 0 Å². The lowest BCUT2D eigenvalue weighted by atomic mass is 10.2. The molecule has 0 unspecified atom stereocenters. The van der Waals surface area contributed by atoms with Crippen LogP contribution in [0, 0.1) is 0 Å². The van der Waals surface area contributed by atoms with Crippen molar-refractivity contribution in [1.29, 1.82) is 0 Å². The predicted octanol–water partition coefficient (Wildman–Crippen LogP) is 5.57. The Morgan fingerprint density at radius 3 is 2.50 bits per heavy atom. The van der Waals surface area contributed by atoms with E-state index in [1.807, 2.05) is 42.5 Å². The first-order valence-electron chi connectivity index (χ1n) is 6.71. The molecule has 0 atom stereocenters. The molecule has 1 heterocycles. The Morgan fingerprint density at radius 1 is 1.00 bits per heavy atom. The Bertz CT molecular complexity index is 804. The molecule has 3 aromatic rings. The summed E-state index contributed by atoms with van der Waals surface area (Å²) in [7, 11) is 0. The number of hydrogen-bond acceptors (Lipinski definition) is 2. The highest BCUT2D eigenvalue weighted by molar-refractivity contribution is 7.18. The molecule has 0 spiro atoms. The summed E-state index contributed by atoms with van der Waals surface area (Å²) in [6, 6.07) is 13.9. The van der Waals surface area contributed by atoms with E-state index in [0.29, 0.717) is 16.9 Å². The maximum Gasteiger partial charge on any atom is 0.417 e. The van der Waals surface area contributed by atoms with E-state index in [2.05, 4.69) is 4.98 Å². The molecule has 0 N–H and O–H groups in total. The van der Waals surface area contributed by atoms with Gasteiger partial charge in [0.25, 0.3) is 0 Å². The summed E-state index contributed by atoms with van der Waals surface area (Å²) in [5, 5.41) is 0.680. The first-order chi connectivity index (χ1) is 10.5. The summed E-state index contributed by atoms with van der Waals surface area (Å²) >= 11 is 1.10. The van der Waals surface area contributed by atoms with Gasteiger partial charge in [-0.25, -0.2) is 4.98 Å². The van der Waals surface area contributed by atoms with E-state index < -0.39 is 11.7 Å². The number of nitrogens with zero attached hydrogens (tertiary/aromatic N) is 1. The van der Waals surface area contributed by atoms with Gasteiger partial charge in [0.2, 0.25) is 0 Å². The molecule has 0 fully saturated rings. The van der Waals surface area contributed by atoms with Gasteiger partial charge < -0.3 is 0 Å². The third-order valence-corrected chi connectivity index (χ3v) is 4.29. The second-order valence-electron chi connectivity index (χ2n) is 4.78. The maximum absolute atomic E-state index is 13.0. The molecule has 112 valence electrons. The summed E-state index contributed by atoms with van der Waals surface area (Å²) in [6.45, 7) is 0. The molecule has 0 aliphatic carbocycles. The Balaban J connectivity index is 1.85. The molecule has 1 aromatic heterocycles. The van der Waals surface area contributed by atoms with Crippen molar-refractivity contribution >= 4 is 27.6 Å². The number of halogens is 3. The molecule has 0 bridgehead atoms. The van der Waals surface area contributed by atoms with Crippen molar-refractivity contribution in [1.82, 2.24) is 4.98 Å². The van der Waals surface area contributed by atoms with Crippen LogP contribution in [0.3, 0.4) is 0 Å². The lowest BCUT2D eigenvalue weighted by Gasteiger charge is -2.06. The van der Waals surface area contributed by atoms with Gasteiger partial charge in [0.05, 0.1) is 20.8 Å². The third kappa shape index (κ3) is 3.20. The minimum absolute atomic E-state index is 0.207. The first kappa shape index (κ1) is 14.8. The highest BCUT2D eigenvalue weighted by atomic mass is 32.1. The standard InChI is InChI=1S/C17H12F3NS/c18-17(19,20)13-9-5-10-14-16(13)22-15(21-14)11-4-8-12-6-2-1-3-7-12/h1-10H,11H2/b8-4+. The zero-order chi connectivity index (χ0) is 15.6. The number of thiazole rings is 1. The van der Waals surface area contributed by atoms with E-state index in [0.717, 1.165) is 23.0 Å². The maximum atomic E-state index is 13.0. The number of hydrogen-bond donors (Lipinski definition) is 0. The van der Waals surface area contributed by atoms with Gasteiger partial charge in [-0.2, -0.15) is 13.2 Å². The van der Waals surface area contributed by atoms with Crippen molar-refractivity contribution in [3.63, 3.8) is 0 Å². The summed E-state index contributed by atoms with van der Waals surface area (Å²) in [6.07, 6.45) is 0.0335. The molecule has 3 rings (SSSR count). The van der Waals surface area contributed by atoms with E-state index in [-0.39, 0.29) is 4.70 Å². The fourth-order valence-corrected chi connectivity index (χ4v) is 3.24. The second-order valence-corrected chi connectivity index (χ2v) is 5.86. The van der Waals surface area contributed by atoms with Gasteiger partial charge in [-0.05, 0) is 17.7 Å². The van der Waals surface area contributed by atoms with E-state index in [4.69, 9.17) is 0 Å². The molecule has 5 heteroatoms. The molecule has 0 aliphatic heterocycles. The molecule has 0 amide bonds. The number of allylic oxidation sites excluding steroid dienone is 1. The Labute approximate surface area is 129 Å². The fraction of sp³-hybridized carbons (Fsp3) is 0.118. The molecule has 0 radical (unpaired) electrons. The average molecular weight is 319 g/mol. The minimum Gasteiger partial charge on any atom is -0.241 e. The zero-order valence-corrected chi connectivity index (χ0v) is 12.3. The summed E-state index contributed by atoms with van der Waals surface area (Å²) < 4.78 is 39.1. The fourth-order valence-electron chi connectivity index (χ4n) is 2.17. The van der Waals surface area contributed by atoms with Gasteiger partial charge in [-0.3, -0.25) is 0 Å². The van der Waals surface area contributed by atoms with Crippen molar-refractivity contribution in [3.05, 3.63) is 70.7 Å². The van der Waals surface area contributed by atoms with Gasteiger partial charge in [0.1, 0.15) is 0 Å². The molecule has 0 aliphatic rings. The topological polar surface area (TPSA) is 12.9 Å². The average Bonchev–Trinajstić information content (AvgIpc) is 2.89. The summed E-state index contributed by atoms with van der Waals surface area (Å²) in [5.74, 6) is 0. The lowest BCUT2D eigenvalue weighted by Crippen LogP contribution is -2.04. The van der Waals surface area contributed by atoms with E-state index >= 15 is 0 Å².